The molecule has 8 nitrogen and oxygen atoms in total. The number of amides is 4. The number of anilines is 2. The topological polar surface area (TPSA) is 99.8 Å². The number of aryl methyl sites for hydroxylation is 1. The normalized spacial score (nSPS) is 15.6. The summed E-state index contributed by atoms with van der Waals surface area (Å²) in [5.74, 6) is -0.299. The fourth-order valence-corrected chi connectivity index (χ4v) is 4.05. The second-order valence-corrected chi connectivity index (χ2v) is 9.60. The van der Waals surface area contributed by atoms with Crippen molar-refractivity contribution < 1.29 is 19.1 Å². The average molecular weight is 513 g/mol. The number of rotatable bonds is 8. The minimum absolute atomic E-state index is 0.174. The van der Waals surface area contributed by atoms with Crippen molar-refractivity contribution in [3.63, 3.8) is 0 Å². The Morgan fingerprint density at radius 2 is 1.81 bits per heavy atom. The highest BCUT2D eigenvalue weighted by molar-refractivity contribution is 6.31. The maximum absolute atomic E-state index is 13.1. The van der Waals surface area contributed by atoms with E-state index >= 15 is 0 Å². The Hall–Kier alpha value is -3.52. The molecule has 0 saturated carbocycles. The molecule has 0 bridgehead atoms. The van der Waals surface area contributed by atoms with Crippen LogP contribution in [-0.4, -0.2) is 36.1 Å². The molecule has 1 atom stereocenters. The maximum atomic E-state index is 13.1. The highest BCUT2D eigenvalue weighted by Gasteiger charge is 2.36. The van der Waals surface area contributed by atoms with Crippen LogP contribution >= 0.6 is 11.6 Å². The van der Waals surface area contributed by atoms with E-state index in [2.05, 4.69) is 16.0 Å². The molecule has 1 aliphatic heterocycles. The van der Waals surface area contributed by atoms with E-state index in [0.717, 1.165) is 12.0 Å². The fraction of sp³-hybridized carbons (Fsp3) is 0.370. The van der Waals surface area contributed by atoms with Crippen molar-refractivity contribution in [2.24, 2.45) is 5.92 Å². The zero-order valence-electron chi connectivity index (χ0n) is 21.3. The Balaban J connectivity index is 1.86. The Morgan fingerprint density at radius 1 is 1.11 bits per heavy atom. The first kappa shape index (κ1) is 27.1. The van der Waals surface area contributed by atoms with Crippen LogP contribution < -0.4 is 16.0 Å². The zero-order valence-corrected chi connectivity index (χ0v) is 22.0. The van der Waals surface area contributed by atoms with Crippen LogP contribution in [0.3, 0.4) is 0 Å². The number of carbonyl (C=O) groups excluding carboxylic acids is 3. The van der Waals surface area contributed by atoms with E-state index in [1.807, 2.05) is 33.8 Å². The van der Waals surface area contributed by atoms with Gasteiger partial charge in [-0.1, -0.05) is 50.6 Å². The standard InChI is InChI=1S/C27H33ClN4O4/c1-6-12-32-18(5)23(25(33)36-15-16(2)3)24(31-27(32)35)19-8-7-9-20(13-19)29-26(34)30-21-11-10-17(4)22(28)14-21/h7-11,13-14,16,24H,6,12,15H2,1-5H3,(H,31,35)(H2,29,30,34). The molecule has 2 aromatic carbocycles. The van der Waals surface area contributed by atoms with Crippen LogP contribution in [0.5, 0.6) is 0 Å². The fourth-order valence-electron chi connectivity index (χ4n) is 3.87. The van der Waals surface area contributed by atoms with Crippen molar-refractivity contribution in [3.8, 4) is 0 Å². The van der Waals surface area contributed by atoms with Gasteiger partial charge < -0.3 is 20.7 Å². The molecular weight excluding hydrogens is 480 g/mol. The third-order valence-corrected chi connectivity index (χ3v) is 6.13. The molecule has 4 amide bonds. The summed E-state index contributed by atoms with van der Waals surface area (Å²) in [5.41, 5.74) is 3.55. The maximum Gasteiger partial charge on any atom is 0.338 e. The monoisotopic (exact) mass is 512 g/mol. The third kappa shape index (κ3) is 6.57. The summed E-state index contributed by atoms with van der Waals surface area (Å²) in [7, 11) is 0. The lowest BCUT2D eigenvalue weighted by molar-refractivity contribution is -0.140. The Morgan fingerprint density at radius 3 is 2.44 bits per heavy atom. The lowest BCUT2D eigenvalue weighted by atomic mass is 9.94. The van der Waals surface area contributed by atoms with E-state index < -0.39 is 18.0 Å². The number of hydrogen-bond donors (Lipinski definition) is 3. The number of halogens is 1. The molecule has 2 aromatic rings. The van der Waals surface area contributed by atoms with E-state index in [9.17, 15) is 14.4 Å². The number of allylic oxidation sites excluding steroid dienone is 1. The van der Waals surface area contributed by atoms with Gasteiger partial charge in [-0.05, 0) is 61.6 Å². The molecule has 0 saturated heterocycles. The van der Waals surface area contributed by atoms with E-state index in [4.69, 9.17) is 16.3 Å². The van der Waals surface area contributed by atoms with Crippen molar-refractivity contribution in [2.45, 2.75) is 47.1 Å². The van der Waals surface area contributed by atoms with E-state index in [1.54, 1.807) is 48.2 Å². The molecule has 192 valence electrons. The van der Waals surface area contributed by atoms with Crippen LogP contribution in [0.15, 0.2) is 53.7 Å². The zero-order chi connectivity index (χ0) is 26.4. The van der Waals surface area contributed by atoms with Gasteiger partial charge in [0.2, 0.25) is 0 Å². The summed E-state index contributed by atoms with van der Waals surface area (Å²) in [6.45, 7) is 10.3. The van der Waals surface area contributed by atoms with Crippen LogP contribution in [0.2, 0.25) is 5.02 Å². The number of nitrogens with zero attached hydrogens (tertiary/aromatic N) is 1. The lowest BCUT2D eigenvalue weighted by Gasteiger charge is -2.35. The molecule has 1 unspecified atom stereocenters. The Bertz CT molecular complexity index is 1180. The molecule has 0 aromatic heterocycles. The molecule has 3 N–H and O–H groups in total. The summed E-state index contributed by atoms with van der Waals surface area (Å²) in [6.07, 6.45) is 0.741. The van der Waals surface area contributed by atoms with Crippen LogP contribution in [-0.2, 0) is 9.53 Å². The quantitative estimate of drug-likeness (QED) is 0.364. The molecule has 0 spiro atoms. The summed E-state index contributed by atoms with van der Waals surface area (Å²) in [4.78, 5) is 40.1. The Kier molecular flexibility index (Phi) is 8.98. The van der Waals surface area contributed by atoms with Crippen molar-refractivity contribution >= 4 is 41.0 Å². The number of hydrogen-bond acceptors (Lipinski definition) is 4. The van der Waals surface area contributed by atoms with Crippen LogP contribution in [0.4, 0.5) is 21.0 Å². The van der Waals surface area contributed by atoms with Crippen LogP contribution in [0.25, 0.3) is 0 Å². The van der Waals surface area contributed by atoms with E-state index in [-0.39, 0.29) is 18.6 Å². The predicted molar refractivity (Wildman–Crippen MR) is 142 cm³/mol. The van der Waals surface area contributed by atoms with Gasteiger partial charge in [0.15, 0.2) is 0 Å². The van der Waals surface area contributed by atoms with Gasteiger partial charge in [-0.25, -0.2) is 14.4 Å². The summed E-state index contributed by atoms with van der Waals surface area (Å²) in [6, 6.07) is 10.8. The first-order valence-electron chi connectivity index (χ1n) is 12.0. The molecule has 1 aliphatic rings. The molecule has 9 heteroatoms. The minimum Gasteiger partial charge on any atom is -0.462 e. The van der Waals surface area contributed by atoms with Gasteiger partial charge in [0, 0.05) is 28.6 Å². The molecule has 0 radical (unpaired) electrons. The number of nitrogens with one attached hydrogen (secondary N) is 3. The number of esters is 1. The SMILES string of the molecule is CCCN1C(=O)NC(c2cccc(NC(=O)Nc3ccc(C)c(Cl)c3)c2)C(C(=O)OCC(C)C)=C1C. The van der Waals surface area contributed by atoms with Gasteiger partial charge >= 0.3 is 18.0 Å². The summed E-state index contributed by atoms with van der Waals surface area (Å²) in [5, 5.41) is 9.03. The molecular formula is C27H33ClN4O4. The second kappa shape index (κ2) is 11.9. The minimum atomic E-state index is -0.717. The summed E-state index contributed by atoms with van der Waals surface area (Å²) < 4.78 is 5.54. The van der Waals surface area contributed by atoms with Crippen molar-refractivity contribution in [1.82, 2.24) is 10.2 Å². The van der Waals surface area contributed by atoms with Gasteiger partial charge in [-0.15, -0.1) is 0 Å². The predicted octanol–water partition coefficient (Wildman–Crippen LogP) is 6.24. The van der Waals surface area contributed by atoms with Crippen molar-refractivity contribution in [2.75, 3.05) is 23.8 Å². The van der Waals surface area contributed by atoms with Crippen molar-refractivity contribution in [1.29, 1.82) is 0 Å². The molecule has 1 heterocycles. The average Bonchev–Trinajstić information content (AvgIpc) is 2.82. The van der Waals surface area contributed by atoms with Crippen LogP contribution in [0.1, 0.15) is 51.3 Å². The molecule has 3 rings (SSSR count). The Labute approximate surface area is 217 Å². The summed E-state index contributed by atoms with van der Waals surface area (Å²) >= 11 is 6.14. The first-order valence-corrected chi connectivity index (χ1v) is 12.4. The van der Waals surface area contributed by atoms with Crippen molar-refractivity contribution in [3.05, 3.63) is 69.9 Å². The molecule has 0 fully saturated rings. The number of ether oxygens (including phenoxy) is 1. The highest BCUT2D eigenvalue weighted by atomic mass is 35.5. The van der Waals surface area contributed by atoms with E-state index in [1.165, 1.54) is 0 Å². The first-order chi connectivity index (χ1) is 17.1. The molecule has 36 heavy (non-hydrogen) atoms. The molecule has 0 aliphatic carbocycles. The smallest absolute Gasteiger partial charge is 0.338 e. The van der Waals surface area contributed by atoms with E-state index in [0.29, 0.717) is 39.8 Å². The number of benzene rings is 2. The van der Waals surface area contributed by atoms with Gasteiger partial charge in [-0.2, -0.15) is 0 Å². The van der Waals surface area contributed by atoms with Gasteiger partial charge in [0.1, 0.15) is 0 Å². The largest absolute Gasteiger partial charge is 0.462 e. The van der Waals surface area contributed by atoms with Gasteiger partial charge in [-0.3, -0.25) is 4.90 Å². The highest BCUT2D eigenvalue weighted by Crippen LogP contribution is 2.32. The van der Waals surface area contributed by atoms with Gasteiger partial charge in [0.05, 0.1) is 18.2 Å². The lowest BCUT2D eigenvalue weighted by Crippen LogP contribution is -2.48. The van der Waals surface area contributed by atoms with Crippen LogP contribution in [0, 0.1) is 12.8 Å². The second-order valence-electron chi connectivity index (χ2n) is 9.19. The number of urea groups is 2. The number of carbonyl (C=O) groups is 3. The van der Waals surface area contributed by atoms with Gasteiger partial charge in [0.25, 0.3) is 0 Å². The third-order valence-electron chi connectivity index (χ3n) is 5.72.